The van der Waals surface area contributed by atoms with Crippen molar-refractivity contribution < 1.29 is 14.3 Å². The van der Waals surface area contributed by atoms with Crippen LogP contribution >= 0.6 is 0 Å². The van der Waals surface area contributed by atoms with Crippen molar-refractivity contribution in [2.45, 2.75) is 33.1 Å². The van der Waals surface area contributed by atoms with E-state index in [2.05, 4.69) is 13.8 Å². The fraction of sp³-hybridized carbons (Fsp3) is 0.533. The highest BCUT2D eigenvalue weighted by Gasteiger charge is 2.14. The summed E-state index contributed by atoms with van der Waals surface area (Å²) in [5, 5.41) is 0. The lowest BCUT2D eigenvalue weighted by Crippen LogP contribution is -2.02. The van der Waals surface area contributed by atoms with Crippen molar-refractivity contribution in [1.82, 2.24) is 0 Å². The van der Waals surface area contributed by atoms with Crippen LogP contribution in [0.1, 0.15) is 43.5 Å². The molecule has 3 nitrogen and oxygen atoms in total. The van der Waals surface area contributed by atoms with Gasteiger partial charge in [-0.25, -0.2) is 0 Å². The second-order valence-corrected chi connectivity index (χ2v) is 5.07. The van der Waals surface area contributed by atoms with Crippen molar-refractivity contribution in [2.24, 2.45) is 5.92 Å². The van der Waals surface area contributed by atoms with E-state index in [-0.39, 0.29) is 5.78 Å². The lowest BCUT2D eigenvalue weighted by Gasteiger charge is -2.09. The summed E-state index contributed by atoms with van der Waals surface area (Å²) < 4.78 is 11.1. The molecule has 0 N–H and O–H groups in total. The molecule has 0 spiro atoms. The fourth-order valence-corrected chi connectivity index (χ4v) is 1.90. The van der Waals surface area contributed by atoms with Gasteiger partial charge in [-0.2, -0.15) is 0 Å². The lowest BCUT2D eigenvalue weighted by molar-refractivity contribution is 0.0975. The molecular formula is C15H20O3. The molecule has 0 atom stereocenters. The molecule has 0 radical (unpaired) electrons. The van der Waals surface area contributed by atoms with Crippen LogP contribution in [0.4, 0.5) is 0 Å². The van der Waals surface area contributed by atoms with Gasteiger partial charge >= 0.3 is 0 Å². The van der Waals surface area contributed by atoms with E-state index in [1.165, 1.54) is 0 Å². The monoisotopic (exact) mass is 248 g/mol. The number of hydrogen-bond acceptors (Lipinski definition) is 3. The quantitative estimate of drug-likeness (QED) is 0.765. The van der Waals surface area contributed by atoms with Gasteiger partial charge in [-0.1, -0.05) is 13.8 Å². The zero-order chi connectivity index (χ0) is 13.0. The van der Waals surface area contributed by atoms with Crippen molar-refractivity contribution in [3.63, 3.8) is 0 Å². The number of ether oxygens (including phenoxy) is 2. The second kappa shape index (κ2) is 5.89. The second-order valence-electron chi connectivity index (χ2n) is 5.07. The summed E-state index contributed by atoms with van der Waals surface area (Å²) in [5.41, 5.74) is 0.722. The standard InChI is InChI=1S/C15H20O3/c1-11(2)4-6-13(16)12-5-7-14-15(10-12)18-9-3-8-17-14/h5,7,10-11H,3-4,6,8-9H2,1-2H3. The summed E-state index contributed by atoms with van der Waals surface area (Å²) >= 11 is 0. The van der Waals surface area contributed by atoms with Gasteiger partial charge in [0.1, 0.15) is 0 Å². The smallest absolute Gasteiger partial charge is 0.163 e. The summed E-state index contributed by atoms with van der Waals surface area (Å²) in [5.74, 6) is 2.17. The number of ketones is 1. The number of Topliss-reactive ketones (excluding diaryl/α,β-unsaturated/α-hetero) is 1. The van der Waals surface area contributed by atoms with Gasteiger partial charge in [0.2, 0.25) is 0 Å². The molecule has 0 aliphatic carbocycles. The predicted octanol–water partition coefficient (Wildman–Crippen LogP) is 3.47. The molecule has 18 heavy (non-hydrogen) atoms. The minimum Gasteiger partial charge on any atom is -0.490 e. The Morgan fingerprint density at radius 2 is 1.94 bits per heavy atom. The van der Waals surface area contributed by atoms with Gasteiger partial charge in [0.05, 0.1) is 13.2 Å². The maximum absolute atomic E-state index is 12.0. The molecule has 1 aromatic carbocycles. The Labute approximate surface area is 108 Å². The molecule has 0 unspecified atom stereocenters. The molecule has 1 aliphatic heterocycles. The molecule has 2 rings (SSSR count). The van der Waals surface area contributed by atoms with E-state index in [0.29, 0.717) is 31.3 Å². The van der Waals surface area contributed by atoms with Crippen LogP contribution in [0.25, 0.3) is 0 Å². The zero-order valence-corrected chi connectivity index (χ0v) is 11.1. The molecular weight excluding hydrogens is 228 g/mol. The average molecular weight is 248 g/mol. The first kappa shape index (κ1) is 12.9. The number of rotatable bonds is 4. The largest absolute Gasteiger partial charge is 0.490 e. The molecule has 0 saturated heterocycles. The normalized spacial score (nSPS) is 14.4. The Bertz CT molecular complexity index is 424. The molecule has 1 heterocycles. The molecule has 0 amide bonds. The number of benzene rings is 1. The fourth-order valence-electron chi connectivity index (χ4n) is 1.90. The van der Waals surface area contributed by atoms with Crippen LogP contribution in [0.5, 0.6) is 11.5 Å². The lowest BCUT2D eigenvalue weighted by atomic mass is 10.0. The third kappa shape index (κ3) is 3.25. The Morgan fingerprint density at radius 3 is 2.67 bits per heavy atom. The van der Waals surface area contributed by atoms with E-state index in [9.17, 15) is 4.79 Å². The van der Waals surface area contributed by atoms with Gasteiger partial charge in [-0.05, 0) is 30.5 Å². The highest BCUT2D eigenvalue weighted by atomic mass is 16.5. The van der Waals surface area contributed by atoms with E-state index in [1.54, 1.807) is 0 Å². The Morgan fingerprint density at radius 1 is 1.22 bits per heavy atom. The first-order valence-electron chi connectivity index (χ1n) is 6.59. The van der Waals surface area contributed by atoms with E-state index in [1.807, 2.05) is 18.2 Å². The predicted molar refractivity (Wildman–Crippen MR) is 70.5 cm³/mol. The van der Waals surface area contributed by atoms with E-state index in [0.717, 1.165) is 24.2 Å². The van der Waals surface area contributed by atoms with Crippen molar-refractivity contribution >= 4 is 5.78 Å². The maximum Gasteiger partial charge on any atom is 0.163 e. The van der Waals surface area contributed by atoms with Crippen LogP contribution in [-0.2, 0) is 0 Å². The number of hydrogen-bond donors (Lipinski definition) is 0. The molecule has 0 bridgehead atoms. The minimum atomic E-state index is 0.180. The molecule has 98 valence electrons. The van der Waals surface area contributed by atoms with Gasteiger partial charge in [0.25, 0.3) is 0 Å². The third-order valence-electron chi connectivity index (χ3n) is 3.02. The van der Waals surface area contributed by atoms with Crippen LogP contribution in [0.15, 0.2) is 18.2 Å². The average Bonchev–Trinajstić information content (AvgIpc) is 2.60. The summed E-state index contributed by atoms with van der Waals surface area (Å²) in [4.78, 5) is 12.0. The topological polar surface area (TPSA) is 35.5 Å². The summed E-state index contributed by atoms with van der Waals surface area (Å²) in [6.45, 7) is 5.58. The van der Waals surface area contributed by atoms with Gasteiger partial charge in [0.15, 0.2) is 17.3 Å². The molecule has 0 aromatic heterocycles. The molecule has 1 aliphatic rings. The van der Waals surface area contributed by atoms with Crippen molar-refractivity contribution in [2.75, 3.05) is 13.2 Å². The third-order valence-corrected chi connectivity index (χ3v) is 3.02. The van der Waals surface area contributed by atoms with E-state index >= 15 is 0 Å². The van der Waals surface area contributed by atoms with E-state index < -0.39 is 0 Å². The maximum atomic E-state index is 12.0. The first-order valence-corrected chi connectivity index (χ1v) is 6.59. The summed E-state index contributed by atoms with van der Waals surface area (Å²) in [6.07, 6.45) is 2.40. The van der Waals surface area contributed by atoms with Gasteiger partial charge in [-0.15, -0.1) is 0 Å². The first-order chi connectivity index (χ1) is 8.66. The molecule has 0 fully saturated rings. The van der Waals surface area contributed by atoms with Crippen LogP contribution in [-0.4, -0.2) is 19.0 Å². The van der Waals surface area contributed by atoms with Crippen molar-refractivity contribution in [3.8, 4) is 11.5 Å². The summed E-state index contributed by atoms with van der Waals surface area (Å²) in [6, 6.07) is 5.47. The van der Waals surface area contributed by atoms with Crippen LogP contribution in [0.2, 0.25) is 0 Å². The molecule has 1 aromatic rings. The number of carbonyl (C=O) groups is 1. The number of carbonyl (C=O) groups excluding carboxylic acids is 1. The zero-order valence-electron chi connectivity index (χ0n) is 11.1. The molecule has 0 saturated carbocycles. The van der Waals surface area contributed by atoms with Crippen molar-refractivity contribution in [1.29, 1.82) is 0 Å². The van der Waals surface area contributed by atoms with Gasteiger partial charge < -0.3 is 9.47 Å². The van der Waals surface area contributed by atoms with Gasteiger partial charge in [-0.3, -0.25) is 4.79 Å². The highest BCUT2D eigenvalue weighted by molar-refractivity contribution is 5.96. The highest BCUT2D eigenvalue weighted by Crippen LogP contribution is 2.30. The van der Waals surface area contributed by atoms with Crippen LogP contribution < -0.4 is 9.47 Å². The van der Waals surface area contributed by atoms with Gasteiger partial charge in [0, 0.05) is 18.4 Å². The SMILES string of the molecule is CC(C)CCC(=O)c1ccc2c(c1)OCCCO2. The summed E-state index contributed by atoms with van der Waals surface area (Å²) in [7, 11) is 0. The number of fused-ring (bicyclic) bond motifs is 1. The Balaban J connectivity index is 2.10. The Kier molecular flexibility index (Phi) is 4.24. The molecule has 3 heteroatoms. The van der Waals surface area contributed by atoms with Crippen LogP contribution in [0.3, 0.4) is 0 Å². The Hall–Kier alpha value is -1.51. The van der Waals surface area contributed by atoms with E-state index in [4.69, 9.17) is 9.47 Å². The minimum absolute atomic E-state index is 0.180. The van der Waals surface area contributed by atoms with Crippen LogP contribution in [0, 0.1) is 5.92 Å². The van der Waals surface area contributed by atoms with Crippen molar-refractivity contribution in [3.05, 3.63) is 23.8 Å².